The molecule has 1 aliphatic heterocycles. The molecule has 6 heteroatoms. The number of ether oxygens (including phenoxy) is 1. The fourth-order valence-corrected chi connectivity index (χ4v) is 3.04. The molecule has 0 atom stereocenters. The molecule has 0 amide bonds. The maximum atomic E-state index is 5.35. The van der Waals surface area contributed by atoms with E-state index in [-0.39, 0.29) is 24.0 Å². The lowest BCUT2D eigenvalue weighted by Gasteiger charge is -2.28. The Balaban J connectivity index is 0.00000312. The average Bonchev–Trinajstić information content (AvgIpc) is 2.60. The summed E-state index contributed by atoms with van der Waals surface area (Å²) in [5.41, 5.74) is 4.15. The number of aryl methyl sites for hydroxylation is 1. The van der Waals surface area contributed by atoms with Crippen molar-refractivity contribution in [3.8, 4) is 0 Å². The van der Waals surface area contributed by atoms with Crippen molar-refractivity contribution in [2.75, 3.05) is 45.3 Å². The summed E-state index contributed by atoms with van der Waals surface area (Å²) < 4.78 is 5.35. The first-order valence-corrected chi connectivity index (χ1v) is 9.09. The van der Waals surface area contributed by atoms with Gasteiger partial charge in [-0.1, -0.05) is 12.1 Å². The molecule has 1 aromatic rings. The Hall–Kier alpha value is -1.02. The van der Waals surface area contributed by atoms with Crippen molar-refractivity contribution >= 4 is 35.6 Å². The van der Waals surface area contributed by atoms with E-state index in [9.17, 15) is 0 Å². The molecule has 1 aromatic carbocycles. The number of hydrogen-bond acceptors (Lipinski definition) is 3. The van der Waals surface area contributed by atoms with Crippen LogP contribution in [-0.4, -0.2) is 46.4 Å². The van der Waals surface area contributed by atoms with E-state index in [1.165, 1.54) is 29.7 Å². The van der Waals surface area contributed by atoms with Crippen molar-refractivity contribution < 1.29 is 4.74 Å². The van der Waals surface area contributed by atoms with Crippen molar-refractivity contribution in [3.63, 3.8) is 0 Å². The van der Waals surface area contributed by atoms with E-state index in [0.29, 0.717) is 0 Å². The van der Waals surface area contributed by atoms with Crippen LogP contribution >= 0.6 is 24.0 Å². The summed E-state index contributed by atoms with van der Waals surface area (Å²) in [6, 6.07) is 6.78. The number of unbranched alkanes of at least 4 members (excludes halogenated alkanes) is 1. The van der Waals surface area contributed by atoms with Crippen LogP contribution < -0.4 is 15.5 Å². The standard InChI is InChI=1S/C19H32N4O.HI/c1-4-24-13-6-5-11-21-19(20-2)22-15-16-9-10-18-17(14-16)8-7-12-23(18)3;/h9-10,14H,4-8,11-13,15H2,1-3H3,(H2,20,21,22);1H. The van der Waals surface area contributed by atoms with Crippen LogP contribution in [0.15, 0.2) is 23.2 Å². The molecule has 0 fully saturated rings. The maximum absolute atomic E-state index is 5.35. The number of anilines is 1. The van der Waals surface area contributed by atoms with Crippen LogP contribution in [0.2, 0.25) is 0 Å². The molecule has 0 saturated heterocycles. The van der Waals surface area contributed by atoms with Gasteiger partial charge in [-0.05, 0) is 49.8 Å². The molecule has 0 bridgehead atoms. The number of nitrogens with zero attached hydrogens (tertiary/aromatic N) is 2. The van der Waals surface area contributed by atoms with Gasteiger partial charge in [-0.25, -0.2) is 0 Å². The molecule has 5 nitrogen and oxygen atoms in total. The van der Waals surface area contributed by atoms with Gasteiger partial charge in [-0.3, -0.25) is 4.99 Å². The Morgan fingerprint density at radius 2 is 2.12 bits per heavy atom. The molecule has 2 N–H and O–H groups in total. The Labute approximate surface area is 169 Å². The van der Waals surface area contributed by atoms with Crippen molar-refractivity contribution in [2.24, 2.45) is 4.99 Å². The van der Waals surface area contributed by atoms with Crippen LogP contribution in [0.1, 0.15) is 37.3 Å². The molecule has 142 valence electrons. The van der Waals surface area contributed by atoms with Gasteiger partial charge in [0.1, 0.15) is 0 Å². The predicted octanol–water partition coefficient (Wildman–Crippen LogP) is 3.17. The van der Waals surface area contributed by atoms with Crippen LogP contribution in [-0.2, 0) is 17.7 Å². The monoisotopic (exact) mass is 460 g/mol. The zero-order chi connectivity index (χ0) is 17.2. The van der Waals surface area contributed by atoms with Crippen LogP contribution in [0.4, 0.5) is 5.69 Å². The second-order valence-electron chi connectivity index (χ2n) is 6.24. The van der Waals surface area contributed by atoms with E-state index in [2.05, 4.69) is 45.8 Å². The van der Waals surface area contributed by atoms with Crippen LogP contribution in [0.5, 0.6) is 0 Å². The molecular weight excluding hydrogens is 427 g/mol. The molecule has 1 aliphatic rings. The third-order valence-electron chi connectivity index (χ3n) is 4.39. The van der Waals surface area contributed by atoms with E-state index in [4.69, 9.17) is 4.74 Å². The molecular formula is C19H33IN4O. The molecule has 25 heavy (non-hydrogen) atoms. The Morgan fingerprint density at radius 3 is 2.88 bits per heavy atom. The van der Waals surface area contributed by atoms with Crippen molar-refractivity contribution in [1.82, 2.24) is 10.6 Å². The first-order valence-electron chi connectivity index (χ1n) is 9.09. The van der Waals surface area contributed by atoms with E-state index >= 15 is 0 Å². The lowest BCUT2D eigenvalue weighted by molar-refractivity contribution is 0.143. The van der Waals surface area contributed by atoms with Gasteiger partial charge in [0.05, 0.1) is 0 Å². The topological polar surface area (TPSA) is 48.9 Å². The van der Waals surface area contributed by atoms with E-state index in [1.54, 1.807) is 0 Å². The van der Waals surface area contributed by atoms with Gasteiger partial charge in [0.2, 0.25) is 0 Å². The summed E-state index contributed by atoms with van der Waals surface area (Å²) in [6.07, 6.45) is 4.59. The number of halogens is 1. The fourth-order valence-electron chi connectivity index (χ4n) is 3.04. The van der Waals surface area contributed by atoms with Gasteiger partial charge in [-0.2, -0.15) is 0 Å². The summed E-state index contributed by atoms with van der Waals surface area (Å²) in [7, 11) is 3.99. The SMILES string of the molecule is CCOCCCCNC(=NC)NCc1ccc2c(c1)CCCN2C.I. The van der Waals surface area contributed by atoms with Crippen LogP contribution in [0.25, 0.3) is 0 Å². The highest BCUT2D eigenvalue weighted by atomic mass is 127. The largest absolute Gasteiger partial charge is 0.382 e. The minimum absolute atomic E-state index is 0. The fraction of sp³-hybridized carbons (Fsp3) is 0.632. The molecule has 1 heterocycles. The van der Waals surface area contributed by atoms with Gasteiger partial charge in [0, 0.05) is 52.6 Å². The third-order valence-corrected chi connectivity index (χ3v) is 4.39. The summed E-state index contributed by atoms with van der Waals surface area (Å²) in [6.45, 7) is 6.55. The first kappa shape index (κ1) is 22.0. The lowest BCUT2D eigenvalue weighted by atomic mass is 9.99. The molecule has 0 unspecified atom stereocenters. The number of fused-ring (bicyclic) bond motifs is 1. The zero-order valence-electron chi connectivity index (χ0n) is 15.8. The minimum atomic E-state index is 0. The van der Waals surface area contributed by atoms with E-state index in [1.807, 2.05) is 14.0 Å². The quantitative estimate of drug-likeness (QED) is 0.271. The highest BCUT2D eigenvalue weighted by Gasteiger charge is 2.13. The number of guanidine groups is 1. The normalized spacial score (nSPS) is 13.9. The highest BCUT2D eigenvalue weighted by Crippen LogP contribution is 2.26. The van der Waals surface area contributed by atoms with Gasteiger partial charge in [-0.15, -0.1) is 24.0 Å². The number of hydrogen-bond donors (Lipinski definition) is 2. The van der Waals surface area contributed by atoms with Gasteiger partial charge in [0.15, 0.2) is 5.96 Å². The average molecular weight is 460 g/mol. The second-order valence-corrected chi connectivity index (χ2v) is 6.24. The van der Waals surface area contributed by atoms with Crippen LogP contribution in [0.3, 0.4) is 0 Å². The van der Waals surface area contributed by atoms with Crippen molar-refractivity contribution in [2.45, 2.75) is 39.2 Å². The number of nitrogens with one attached hydrogen (secondary N) is 2. The lowest BCUT2D eigenvalue weighted by Crippen LogP contribution is -2.37. The Bertz CT molecular complexity index is 536. The molecule has 2 rings (SSSR count). The molecule has 0 radical (unpaired) electrons. The molecule has 0 aliphatic carbocycles. The second kappa shape index (κ2) is 12.4. The number of aliphatic imine (C=N–C) groups is 1. The minimum Gasteiger partial charge on any atom is -0.382 e. The smallest absolute Gasteiger partial charge is 0.191 e. The van der Waals surface area contributed by atoms with Gasteiger partial charge < -0.3 is 20.3 Å². The van der Waals surface area contributed by atoms with Crippen molar-refractivity contribution in [1.29, 1.82) is 0 Å². The number of benzene rings is 1. The third kappa shape index (κ3) is 7.40. The van der Waals surface area contributed by atoms with E-state index < -0.39 is 0 Å². The first-order chi connectivity index (χ1) is 11.7. The summed E-state index contributed by atoms with van der Waals surface area (Å²) in [4.78, 5) is 6.64. The summed E-state index contributed by atoms with van der Waals surface area (Å²) in [5, 5.41) is 6.76. The summed E-state index contributed by atoms with van der Waals surface area (Å²) in [5.74, 6) is 0.862. The Kier molecular flexibility index (Phi) is 10.9. The van der Waals surface area contributed by atoms with Gasteiger partial charge in [0.25, 0.3) is 0 Å². The predicted molar refractivity (Wildman–Crippen MR) is 117 cm³/mol. The molecule has 0 aromatic heterocycles. The zero-order valence-corrected chi connectivity index (χ0v) is 18.1. The maximum Gasteiger partial charge on any atom is 0.191 e. The van der Waals surface area contributed by atoms with Crippen LogP contribution in [0, 0.1) is 0 Å². The van der Waals surface area contributed by atoms with E-state index in [0.717, 1.165) is 51.6 Å². The van der Waals surface area contributed by atoms with Crippen molar-refractivity contribution in [3.05, 3.63) is 29.3 Å². The summed E-state index contributed by atoms with van der Waals surface area (Å²) >= 11 is 0. The molecule has 0 saturated carbocycles. The Morgan fingerprint density at radius 1 is 1.28 bits per heavy atom. The van der Waals surface area contributed by atoms with Gasteiger partial charge >= 0.3 is 0 Å². The highest BCUT2D eigenvalue weighted by molar-refractivity contribution is 14.0. The number of rotatable bonds is 8. The molecule has 0 spiro atoms.